The van der Waals surface area contributed by atoms with E-state index in [0.717, 1.165) is 6.92 Å². The van der Waals surface area contributed by atoms with Gasteiger partial charge in [0.1, 0.15) is 35.6 Å². The fraction of sp³-hybridized carbons (Fsp3) is 0.480. The Morgan fingerprint density at radius 1 is 0.848 bits per heavy atom. The van der Waals surface area contributed by atoms with Gasteiger partial charge in [-0.3, -0.25) is 14.4 Å². The number of aliphatic hydroxyl groups is 4. The summed E-state index contributed by atoms with van der Waals surface area (Å²) in [5.74, 6) is -5.84. The van der Waals surface area contributed by atoms with E-state index in [0.29, 0.717) is 5.56 Å². The molecule has 16 nitrogen and oxygen atoms in total. The van der Waals surface area contributed by atoms with Crippen molar-refractivity contribution in [1.29, 1.82) is 0 Å². The fourth-order valence-corrected chi connectivity index (χ4v) is 10.5. The molecule has 0 radical (unpaired) electrons. The zero-order valence-electron chi connectivity index (χ0n) is 38.1. The number of nitrogens with one attached hydrogen (secondary N) is 1. The van der Waals surface area contributed by atoms with Crippen LogP contribution in [-0.4, -0.2) is 116 Å². The molecule has 3 aromatic carbocycles. The van der Waals surface area contributed by atoms with Crippen LogP contribution < -0.4 is 5.32 Å². The number of carbonyl (C=O) groups is 6. The lowest BCUT2D eigenvalue weighted by Gasteiger charge is -2.67. The number of esters is 3. The smallest absolute Gasteiger partial charge is 0.408 e. The molecule has 7 rings (SSSR count). The highest BCUT2D eigenvalue weighted by Crippen LogP contribution is 2.64. The lowest BCUT2D eigenvalue weighted by Crippen LogP contribution is -2.81. The number of benzene rings is 3. The van der Waals surface area contributed by atoms with Gasteiger partial charge in [0.2, 0.25) is 0 Å². The van der Waals surface area contributed by atoms with Gasteiger partial charge in [0.15, 0.2) is 23.3 Å². The predicted octanol–water partition coefficient (Wildman–Crippen LogP) is 4.49. The van der Waals surface area contributed by atoms with Crippen molar-refractivity contribution in [3.05, 3.63) is 118 Å². The number of carbonyl (C=O) groups excluding carboxylic acids is 6. The second-order valence-corrected chi connectivity index (χ2v) is 19.5. The van der Waals surface area contributed by atoms with Crippen molar-refractivity contribution in [2.75, 3.05) is 6.61 Å². The van der Waals surface area contributed by atoms with Crippen molar-refractivity contribution in [3.8, 4) is 0 Å². The van der Waals surface area contributed by atoms with E-state index >= 15 is 4.79 Å². The minimum atomic E-state index is -2.41. The highest BCUT2D eigenvalue weighted by Gasteiger charge is 2.78. The van der Waals surface area contributed by atoms with E-state index in [1.54, 1.807) is 69.3 Å². The summed E-state index contributed by atoms with van der Waals surface area (Å²) in [6.07, 6.45) is -12.0. The molecule has 16 heteroatoms. The molecule has 0 aromatic heterocycles. The van der Waals surface area contributed by atoms with Gasteiger partial charge in [-0.2, -0.15) is 0 Å². The Labute approximate surface area is 382 Å². The third-order valence-electron chi connectivity index (χ3n) is 14.0. The first-order chi connectivity index (χ1) is 30.9. The lowest BCUT2D eigenvalue weighted by atomic mass is 9.44. The van der Waals surface area contributed by atoms with E-state index < -0.39 is 112 Å². The second-order valence-electron chi connectivity index (χ2n) is 19.5. The molecule has 1 heterocycles. The summed E-state index contributed by atoms with van der Waals surface area (Å²) in [6.45, 7) is 11.6. The number of hydrogen-bond acceptors (Lipinski definition) is 15. The molecule has 3 aromatic rings. The molecule has 2 saturated carbocycles. The van der Waals surface area contributed by atoms with Gasteiger partial charge in [-0.15, -0.1) is 0 Å². The van der Waals surface area contributed by atoms with Crippen molar-refractivity contribution in [1.82, 2.24) is 5.32 Å². The van der Waals surface area contributed by atoms with Crippen molar-refractivity contribution < 1.29 is 72.9 Å². The van der Waals surface area contributed by atoms with Crippen LogP contribution in [0.4, 0.5) is 4.79 Å². The molecule has 4 aliphatic rings. The van der Waals surface area contributed by atoms with E-state index in [4.69, 9.17) is 23.7 Å². The molecule has 1 aliphatic heterocycles. The number of fused-ring (bicyclic) bond motifs is 5. The predicted molar refractivity (Wildman–Crippen MR) is 233 cm³/mol. The number of ketones is 2. The summed E-state index contributed by atoms with van der Waals surface area (Å²) >= 11 is 0. The summed E-state index contributed by atoms with van der Waals surface area (Å²) in [6, 6.07) is 20.6. The SMILES string of the molecule is CC(=O)O[C@@]12CO[C@@H]1C[C@H](O)[C@@]1(C)C(=O)[C@H](O)C3=C(C)[C@@H](OC(=O)[C@H](O)[C@@H](NC(=O)OC(C)(C)C)c4ccc(C(=O)c5ccccc5)cc4)C[C@@](O)([C@@H](OC(=O)c4ccccc4)[C@H]21)C3(C)C. The zero-order chi connectivity index (χ0) is 48.3. The van der Waals surface area contributed by atoms with Gasteiger partial charge in [0.05, 0.1) is 35.6 Å². The normalized spacial score (nSPS) is 30.9. The minimum absolute atomic E-state index is 0.0585. The van der Waals surface area contributed by atoms with Gasteiger partial charge in [-0.1, -0.05) is 86.6 Å². The topological polar surface area (TPSA) is 242 Å². The van der Waals surface area contributed by atoms with Gasteiger partial charge >= 0.3 is 24.0 Å². The third kappa shape index (κ3) is 8.23. The average molecular weight is 912 g/mol. The van der Waals surface area contributed by atoms with Crippen LogP contribution in [0.25, 0.3) is 0 Å². The summed E-state index contributed by atoms with van der Waals surface area (Å²) in [5, 5.41) is 52.2. The molecular weight excluding hydrogens is 855 g/mol. The van der Waals surface area contributed by atoms with E-state index in [9.17, 15) is 44.4 Å². The van der Waals surface area contributed by atoms with Crippen LogP contribution in [0, 0.1) is 16.7 Å². The molecule has 1 amide bonds. The van der Waals surface area contributed by atoms with Crippen molar-refractivity contribution in [3.63, 3.8) is 0 Å². The highest BCUT2D eigenvalue weighted by molar-refractivity contribution is 6.09. The fourth-order valence-electron chi connectivity index (χ4n) is 10.5. The maximum absolute atomic E-state index is 15.1. The van der Waals surface area contributed by atoms with Crippen molar-refractivity contribution >= 4 is 35.6 Å². The molecule has 66 heavy (non-hydrogen) atoms. The number of Topliss-reactive ketones (excluding diaryl/α,β-unsaturated/α-hetero) is 1. The minimum Gasteiger partial charge on any atom is -0.456 e. The van der Waals surface area contributed by atoms with Crippen molar-refractivity contribution in [2.45, 2.75) is 128 Å². The standard InChI is InChI=1S/C50H57NO15/c1-26-32(63-44(59)39(56)36(51-45(60)66-46(3,4)5)28-19-21-30(22-20-28)37(54)29-15-11-9-12-16-29)24-50(61)42(64-43(58)31-17-13-10-14-18-31)40-48(8,41(57)38(55)35(26)47(50,6)7)33(53)23-34-49(40,25-62-34)65-27(2)52/h9-22,32-34,36,38-40,42,53,55-56,61H,23-25H2,1-8H3,(H,51,60)/t32-,33-,34+,36-,38+,39+,40-,42-,48+,49-,50+/m0/s1. The Balaban J connectivity index is 1.31. The van der Waals surface area contributed by atoms with Gasteiger partial charge < -0.3 is 49.4 Å². The van der Waals surface area contributed by atoms with Crippen LogP contribution in [0.2, 0.25) is 0 Å². The molecule has 0 spiro atoms. The monoisotopic (exact) mass is 911 g/mol. The van der Waals surface area contributed by atoms with Crippen LogP contribution in [0.15, 0.2) is 96.1 Å². The maximum Gasteiger partial charge on any atom is 0.408 e. The summed E-state index contributed by atoms with van der Waals surface area (Å²) < 4.78 is 29.7. The van der Waals surface area contributed by atoms with Gasteiger partial charge in [-0.25, -0.2) is 14.4 Å². The van der Waals surface area contributed by atoms with Crippen LogP contribution >= 0.6 is 0 Å². The number of aliphatic hydroxyl groups excluding tert-OH is 3. The Bertz CT molecular complexity index is 2430. The molecule has 2 bridgehead atoms. The van der Waals surface area contributed by atoms with E-state index in [1.165, 1.54) is 64.1 Å². The first kappa shape index (κ1) is 48.2. The number of alkyl carbamates (subject to hydrolysis) is 1. The first-order valence-electron chi connectivity index (χ1n) is 21.9. The van der Waals surface area contributed by atoms with Crippen LogP contribution in [-0.2, 0) is 38.1 Å². The maximum atomic E-state index is 15.1. The Kier molecular flexibility index (Phi) is 12.7. The van der Waals surface area contributed by atoms with Crippen LogP contribution in [0.1, 0.15) is 106 Å². The molecule has 0 unspecified atom stereocenters. The number of hydrogen-bond donors (Lipinski definition) is 5. The van der Waals surface area contributed by atoms with Gasteiger partial charge in [0, 0.05) is 36.3 Å². The summed E-state index contributed by atoms with van der Waals surface area (Å²) in [7, 11) is 0. The number of amides is 1. The molecular formula is C50H57NO15. The third-order valence-corrected chi connectivity index (χ3v) is 14.0. The quantitative estimate of drug-likeness (QED) is 0.0815. The largest absolute Gasteiger partial charge is 0.456 e. The van der Waals surface area contributed by atoms with Crippen LogP contribution in [0.3, 0.4) is 0 Å². The average Bonchev–Trinajstić information content (AvgIpc) is 3.26. The number of rotatable bonds is 10. The molecule has 1 saturated heterocycles. The van der Waals surface area contributed by atoms with Gasteiger partial charge in [0.25, 0.3) is 0 Å². The zero-order valence-corrected chi connectivity index (χ0v) is 38.1. The van der Waals surface area contributed by atoms with Crippen LogP contribution in [0.5, 0.6) is 0 Å². The second kappa shape index (κ2) is 17.5. The Morgan fingerprint density at radius 2 is 1.42 bits per heavy atom. The molecule has 352 valence electrons. The lowest BCUT2D eigenvalue weighted by molar-refractivity contribution is -0.346. The van der Waals surface area contributed by atoms with E-state index in [1.807, 2.05) is 0 Å². The highest BCUT2D eigenvalue weighted by atomic mass is 16.6. The summed E-state index contributed by atoms with van der Waals surface area (Å²) in [5.41, 5.74) is -7.93. The molecule has 5 N–H and O–H groups in total. The molecule has 3 aliphatic carbocycles. The Hall–Kier alpha value is -5.78. The van der Waals surface area contributed by atoms with E-state index in [-0.39, 0.29) is 46.6 Å². The van der Waals surface area contributed by atoms with Crippen molar-refractivity contribution in [2.24, 2.45) is 16.7 Å². The van der Waals surface area contributed by atoms with Gasteiger partial charge in [-0.05, 0) is 63.5 Å². The molecule has 11 atom stereocenters. The summed E-state index contributed by atoms with van der Waals surface area (Å²) in [4.78, 5) is 83.1. The number of ether oxygens (including phenoxy) is 5. The first-order valence-corrected chi connectivity index (χ1v) is 21.9. The van der Waals surface area contributed by atoms with E-state index in [2.05, 4.69) is 5.32 Å². The molecule has 3 fully saturated rings. The Morgan fingerprint density at radius 3 is 1.97 bits per heavy atom.